The van der Waals surface area contributed by atoms with Gasteiger partial charge in [0.2, 0.25) is 5.76 Å². The van der Waals surface area contributed by atoms with Gasteiger partial charge in [-0.3, -0.25) is 4.79 Å². The maximum absolute atomic E-state index is 12.6. The number of carbonyl (C=O) groups excluding carboxylic acids is 1. The average molecular weight is 337 g/mol. The summed E-state index contributed by atoms with van der Waals surface area (Å²) in [5, 5.41) is 12.5. The molecule has 0 saturated heterocycles. The summed E-state index contributed by atoms with van der Waals surface area (Å²) < 4.78 is 7.24. The Bertz CT molecular complexity index is 884. The van der Waals surface area contributed by atoms with E-state index in [4.69, 9.17) is 4.52 Å². The quantitative estimate of drug-likeness (QED) is 0.729. The Morgan fingerprint density at radius 3 is 2.76 bits per heavy atom. The van der Waals surface area contributed by atoms with Crippen molar-refractivity contribution >= 4 is 5.91 Å². The lowest BCUT2D eigenvalue weighted by Crippen LogP contribution is -2.33. The van der Waals surface area contributed by atoms with Crippen LogP contribution in [0.3, 0.4) is 0 Å². The molecule has 0 saturated carbocycles. The monoisotopic (exact) mass is 337 g/mol. The Hall–Kier alpha value is -2.96. The highest BCUT2D eigenvalue weighted by atomic mass is 16.5. The number of carbonyl (C=O) groups is 1. The minimum atomic E-state index is -0.121. The molecule has 4 rings (SSSR count). The van der Waals surface area contributed by atoms with Gasteiger partial charge in [0.25, 0.3) is 5.91 Å². The molecule has 0 unspecified atom stereocenters. The van der Waals surface area contributed by atoms with E-state index in [1.165, 1.54) is 5.56 Å². The summed E-state index contributed by atoms with van der Waals surface area (Å²) in [6, 6.07) is 11.9. The first-order chi connectivity index (χ1) is 12.2. The van der Waals surface area contributed by atoms with Crippen molar-refractivity contribution in [3.63, 3.8) is 0 Å². The van der Waals surface area contributed by atoms with E-state index in [2.05, 4.69) is 32.1 Å². The fourth-order valence-electron chi connectivity index (χ4n) is 3.12. The maximum Gasteiger partial charge on any atom is 0.292 e. The predicted octanol–water partition coefficient (Wildman–Crippen LogP) is 1.86. The molecule has 0 radical (unpaired) electrons. The molecule has 3 heterocycles. The second-order valence-electron chi connectivity index (χ2n) is 6.22. The molecule has 7 nitrogen and oxygen atoms in total. The number of amides is 1. The third-order valence-corrected chi connectivity index (χ3v) is 4.43. The number of benzene rings is 1. The Morgan fingerprint density at radius 2 is 2.00 bits per heavy atom. The molecular weight excluding hydrogens is 318 g/mol. The summed E-state index contributed by atoms with van der Waals surface area (Å²) in [6.45, 7) is 3.69. The van der Waals surface area contributed by atoms with Gasteiger partial charge in [-0.2, -0.15) is 0 Å². The van der Waals surface area contributed by atoms with Crippen LogP contribution < -0.4 is 0 Å². The van der Waals surface area contributed by atoms with E-state index in [0.29, 0.717) is 37.5 Å². The molecule has 0 aliphatic carbocycles. The van der Waals surface area contributed by atoms with Gasteiger partial charge in [0, 0.05) is 38.5 Å². The third kappa shape index (κ3) is 3.17. The molecule has 0 spiro atoms. The van der Waals surface area contributed by atoms with E-state index in [0.717, 1.165) is 18.1 Å². The number of rotatable bonds is 3. The van der Waals surface area contributed by atoms with E-state index in [-0.39, 0.29) is 5.91 Å². The highest BCUT2D eigenvalue weighted by molar-refractivity contribution is 5.91. The zero-order chi connectivity index (χ0) is 17.2. The summed E-state index contributed by atoms with van der Waals surface area (Å²) in [5.41, 5.74) is 1.91. The lowest BCUT2D eigenvalue weighted by molar-refractivity contribution is 0.0716. The summed E-state index contributed by atoms with van der Waals surface area (Å²) in [7, 11) is 0. The zero-order valence-corrected chi connectivity index (χ0v) is 14.1. The van der Waals surface area contributed by atoms with Crippen molar-refractivity contribution in [2.75, 3.05) is 13.1 Å². The van der Waals surface area contributed by atoms with Crippen molar-refractivity contribution in [1.82, 2.24) is 24.8 Å². The first kappa shape index (κ1) is 15.6. The standard InChI is InChI=1S/C18H19N5O2/c1-13-11-15(25-21-13)18(24)22-8-7-16-19-20-17(23(16)10-9-22)12-14-5-3-2-4-6-14/h2-6,11H,7-10,12H2,1H3. The summed E-state index contributed by atoms with van der Waals surface area (Å²) >= 11 is 0. The van der Waals surface area contributed by atoms with Crippen molar-refractivity contribution in [2.45, 2.75) is 26.3 Å². The molecule has 3 aromatic rings. The third-order valence-electron chi connectivity index (χ3n) is 4.43. The highest BCUT2D eigenvalue weighted by Gasteiger charge is 2.24. The minimum absolute atomic E-state index is 0.121. The SMILES string of the molecule is Cc1cc(C(=O)N2CCc3nnc(Cc4ccccc4)n3CC2)on1. The number of aryl methyl sites for hydroxylation is 1. The molecule has 1 aliphatic rings. The fourth-order valence-corrected chi connectivity index (χ4v) is 3.12. The molecule has 128 valence electrons. The van der Waals surface area contributed by atoms with Gasteiger partial charge in [0.15, 0.2) is 0 Å². The molecule has 25 heavy (non-hydrogen) atoms. The maximum atomic E-state index is 12.6. The molecule has 7 heteroatoms. The largest absolute Gasteiger partial charge is 0.351 e. The lowest BCUT2D eigenvalue weighted by Gasteiger charge is -2.18. The van der Waals surface area contributed by atoms with Crippen LogP contribution in [0, 0.1) is 6.92 Å². The Kier molecular flexibility index (Phi) is 4.05. The Balaban J connectivity index is 1.50. The van der Waals surface area contributed by atoms with Crippen molar-refractivity contribution in [3.8, 4) is 0 Å². The number of hydrogen-bond acceptors (Lipinski definition) is 5. The molecule has 1 amide bonds. The molecule has 0 N–H and O–H groups in total. The van der Waals surface area contributed by atoms with E-state index in [9.17, 15) is 4.79 Å². The van der Waals surface area contributed by atoms with Gasteiger partial charge in [0.1, 0.15) is 11.6 Å². The van der Waals surface area contributed by atoms with Gasteiger partial charge in [-0.15, -0.1) is 10.2 Å². The smallest absolute Gasteiger partial charge is 0.292 e. The van der Waals surface area contributed by atoms with E-state index >= 15 is 0 Å². The highest BCUT2D eigenvalue weighted by Crippen LogP contribution is 2.15. The van der Waals surface area contributed by atoms with E-state index in [1.54, 1.807) is 17.9 Å². The van der Waals surface area contributed by atoms with E-state index in [1.807, 2.05) is 18.2 Å². The van der Waals surface area contributed by atoms with Gasteiger partial charge >= 0.3 is 0 Å². The van der Waals surface area contributed by atoms with Crippen LogP contribution in [-0.4, -0.2) is 43.8 Å². The van der Waals surface area contributed by atoms with Crippen LogP contribution in [0.5, 0.6) is 0 Å². The molecule has 0 bridgehead atoms. The minimum Gasteiger partial charge on any atom is -0.351 e. The lowest BCUT2D eigenvalue weighted by atomic mass is 10.1. The number of fused-ring (bicyclic) bond motifs is 1. The predicted molar refractivity (Wildman–Crippen MR) is 90.1 cm³/mol. The Morgan fingerprint density at radius 1 is 1.16 bits per heavy atom. The fraction of sp³-hybridized carbons (Fsp3) is 0.333. The first-order valence-corrected chi connectivity index (χ1v) is 8.38. The second-order valence-corrected chi connectivity index (χ2v) is 6.22. The topological polar surface area (TPSA) is 77.0 Å². The average Bonchev–Trinajstić information content (AvgIpc) is 3.16. The van der Waals surface area contributed by atoms with Crippen molar-refractivity contribution < 1.29 is 9.32 Å². The zero-order valence-electron chi connectivity index (χ0n) is 14.1. The van der Waals surface area contributed by atoms with Gasteiger partial charge in [-0.05, 0) is 12.5 Å². The van der Waals surface area contributed by atoms with Crippen LogP contribution in [0.25, 0.3) is 0 Å². The normalized spacial score (nSPS) is 14.2. The van der Waals surface area contributed by atoms with Crippen LogP contribution >= 0.6 is 0 Å². The van der Waals surface area contributed by atoms with E-state index < -0.39 is 0 Å². The summed E-state index contributed by atoms with van der Waals surface area (Å²) in [6.07, 6.45) is 1.42. The van der Waals surface area contributed by atoms with Crippen molar-refractivity contribution in [2.24, 2.45) is 0 Å². The Labute approximate surface area is 145 Å². The summed E-state index contributed by atoms with van der Waals surface area (Å²) in [4.78, 5) is 14.4. The number of nitrogens with zero attached hydrogens (tertiary/aromatic N) is 5. The summed E-state index contributed by atoms with van der Waals surface area (Å²) in [5.74, 6) is 2.03. The van der Waals surface area contributed by atoms with Crippen LogP contribution in [-0.2, 0) is 19.4 Å². The van der Waals surface area contributed by atoms with Crippen molar-refractivity contribution in [3.05, 3.63) is 65.1 Å². The van der Waals surface area contributed by atoms with Gasteiger partial charge in [-0.1, -0.05) is 35.5 Å². The van der Waals surface area contributed by atoms with Crippen LogP contribution in [0.15, 0.2) is 40.9 Å². The molecular formula is C18H19N5O2. The number of aromatic nitrogens is 4. The van der Waals surface area contributed by atoms with Crippen LogP contribution in [0.4, 0.5) is 0 Å². The first-order valence-electron chi connectivity index (χ1n) is 8.38. The van der Waals surface area contributed by atoms with Gasteiger partial charge in [-0.25, -0.2) is 0 Å². The molecule has 2 aromatic heterocycles. The second kappa shape index (κ2) is 6.51. The van der Waals surface area contributed by atoms with Crippen molar-refractivity contribution in [1.29, 1.82) is 0 Å². The number of hydrogen-bond donors (Lipinski definition) is 0. The molecule has 1 aromatic carbocycles. The molecule has 1 aliphatic heterocycles. The van der Waals surface area contributed by atoms with Crippen LogP contribution in [0.2, 0.25) is 0 Å². The van der Waals surface area contributed by atoms with Crippen LogP contribution in [0.1, 0.15) is 33.5 Å². The molecule has 0 fully saturated rings. The van der Waals surface area contributed by atoms with Gasteiger partial charge in [0.05, 0.1) is 5.69 Å². The molecule has 0 atom stereocenters. The van der Waals surface area contributed by atoms with Gasteiger partial charge < -0.3 is 14.0 Å².